The van der Waals surface area contributed by atoms with Crippen molar-refractivity contribution in [1.29, 1.82) is 0 Å². The van der Waals surface area contributed by atoms with Gasteiger partial charge in [-0.05, 0) is 43.7 Å². The van der Waals surface area contributed by atoms with Crippen LogP contribution in [0.25, 0.3) is 10.9 Å². The van der Waals surface area contributed by atoms with E-state index in [0.29, 0.717) is 12.2 Å². The number of nitrogens with zero attached hydrogens (tertiary/aromatic N) is 2. The van der Waals surface area contributed by atoms with Crippen LogP contribution in [0.15, 0.2) is 84.1 Å². The quantitative estimate of drug-likeness (QED) is 0.289. The first-order chi connectivity index (χ1) is 15.4. The smallest absolute Gasteiger partial charge is 0.201 e. The second-order valence-electron chi connectivity index (χ2n) is 8.19. The van der Waals surface area contributed by atoms with Crippen LogP contribution in [0.3, 0.4) is 0 Å². The zero-order valence-electron chi connectivity index (χ0n) is 19.0. The molecular formula is C28H28N2O2. The van der Waals surface area contributed by atoms with Crippen molar-refractivity contribution in [2.24, 2.45) is 12.0 Å². The van der Waals surface area contributed by atoms with Crippen LogP contribution < -0.4 is 0 Å². The first kappa shape index (κ1) is 21.4. The number of aromatic nitrogens is 1. The highest BCUT2D eigenvalue weighted by Gasteiger charge is 2.21. The number of aromatic hydroxyl groups is 1. The molecule has 162 valence electrons. The second kappa shape index (κ2) is 8.75. The van der Waals surface area contributed by atoms with E-state index in [9.17, 15) is 5.11 Å². The third-order valence-corrected chi connectivity index (χ3v) is 5.73. The third-order valence-electron chi connectivity index (χ3n) is 5.73. The van der Waals surface area contributed by atoms with E-state index in [1.54, 1.807) is 7.11 Å². The van der Waals surface area contributed by atoms with Crippen LogP contribution in [0.4, 0.5) is 5.69 Å². The van der Waals surface area contributed by atoms with Gasteiger partial charge in [-0.3, -0.25) is 0 Å². The Morgan fingerprint density at radius 1 is 1.00 bits per heavy atom. The maximum atomic E-state index is 11.1. The molecule has 0 unspecified atom stereocenters. The van der Waals surface area contributed by atoms with Crippen molar-refractivity contribution in [2.45, 2.75) is 20.3 Å². The van der Waals surface area contributed by atoms with Gasteiger partial charge in [0.25, 0.3) is 0 Å². The van der Waals surface area contributed by atoms with Gasteiger partial charge in [0.2, 0.25) is 5.88 Å². The molecule has 0 saturated carbocycles. The summed E-state index contributed by atoms with van der Waals surface area (Å²) in [6.07, 6.45) is 0.623. The summed E-state index contributed by atoms with van der Waals surface area (Å²) in [4.78, 5) is 5.05. The van der Waals surface area contributed by atoms with Gasteiger partial charge < -0.3 is 14.4 Å². The Hall–Kier alpha value is -3.79. The third kappa shape index (κ3) is 4.17. The van der Waals surface area contributed by atoms with Crippen molar-refractivity contribution < 1.29 is 9.84 Å². The minimum atomic E-state index is 0.203. The van der Waals surface area contributed by atoms with Crippen LogP contribution in [0.1, 0.15) is 27.8 Å². The average molecular weight is 425 g/mol. The standard InChI is InChI=1S/C28H28N2O2/c1-18-9-12-22(13-10-18)27(29-23-8-6-7-21(17-23)16-20(3)32-5)26-24-15-19(2)11-14-25(24)30(4)28(26)31/h6-15,17,31H,3,16H2,1-2,4-5H3. The predicted molar refractivity (Wildman–Crippen MR) is 132 cm³/mol. The van der Waals surface area contributed by atoms with Crippen LogP contribution in [0.2, 0.25) is 0 Å². The minimum absolute atomic E-state index is 0.203. The lowest BCUT2D eigenvalue weighted by molar-refractivity contribution is 0.285. The van der Waals surface area contributed by atoms with E-state index >= 15 is 0 Å². The van der Waals surface area contributed by atoms with Crippen LogP contribution in [-0.4, -0.2) is 22.5 Å². The van der Waals surface area contributed by atoms with E-state index in [1.807, 2.05) is 41.9 Å². The van der Waals surface area contributed by atoms with Crippen molar-refractivity contribution in [3.63, 3.8) is 0 Å². The molecule has 0 amide bonds. The Balaban J connectivity index is 1.94. The Kier molecular flexibility index (Phi) is 5.87. The number of hydrogen-bond acceptors (Lipinski definition) is 3. The summed E-state index contributed by atoms with van der Waals surface area (Å²) < 4.78 is 7.05. The number of aryl methyl sites for hydroxylation is 3. The van der Waals surface area contributed by atoms with Gasteiger partial charge in [0.05, 0.1) is 35.3 Å². The van der Waals surface area contributed by atoms with E-state index in [2.05, 4.69) is 56.8 Å². The molecule has 4 rings (SSSR count). The fourth-order valence-electron chi connectivity index (χ4n) is 3.92. The fourth-order valence-corrected chi connectivity index (χ4v) is 3.92. The highest BCUT2D eigenvalue weighted by atomic mass is 16.5. The van der Waals surface area contributed by atoms with Gasteiger partial charge >= 0.3 is 0 Å². The topological polar surface area (TPSA) is 46.8 Å². The van der Waals surface area contributed by atoms with E-state index in [1.165, 1.54) is 5.56 Å². The molecule has 0 aliphatic rings. The van der Waals surface area contributed by atoms with Crippen LogP contribution >= 0.6 is 0 Å². The second-order valence-corrected chi connectivity index (χ2v) is 8.19. The molecule has 0 saturated heterocycles. The van der Waals surface area contributed by atoms with Crippen molar-refractivity contribution in [3.8, 4) is 5.88 Å². The summed E-state index contributed by atoms with van der Waals surface area (Å²) >= 11 is 0. The molecule has 0 radical (unpaired) electrons. The first-order valence-corrected chi connectivity index (χ1v) is 10.6. The maximum absolute atomic E-state index is 11.1. The van der Waals surface area contributed by atoms with E-state index in [-0.39, 0.29) is 5.88 Å². The molecule has 32 heavy (non-hydrogen) atoms. The lowest BCUT2D eigenvalue weighted by atomic mass is 9.99. The molecule has 0 aliphatic heterocycles. The molecule has 1 heterocycles. The largest absolute Gasteiger partial charge is 0.501 e. The highest BCUT2D eigenvalue weighted by Crippen LogP contribution is 2.34. The molecule has 4 aromatic rings. The average Bonchev–Trinajstić information content (AvgIpc) is 3.02. The van der Waals surface area contributed by atoms with Gasteiger partial charge in [0.15, 0.2) is 0 Å². The summed E-state index contributed by atoms with van der Waals surface area (Å²) in [5, 5.41) is 12.1. The summed E-state index contributed by atoms with van der Waals surface area (Å²) in [5.41, 5.74) is 7.58. The normalized spacial score (nSPS) is 11.7. The number of methoxy groups -OCH3 is 1. The SMILES string of the molecule is C=C(Cc1cccc(N=C(c2ccc(C)cc2)c2c(O)n(C)c3ccc(C)cc23)c1)OC. The Morgan fingerprint density at radius 2 is 1.72 bits per heavy atom. The summed E-state index contributed by atoms with van der Waals surface area (Å²) in [5.74, 6) is 0.904. The molecule has 1 N–H and O–H groups in total. The number of hydrogen-bond donors (Lipinski definition) is 1. The van der Waals surface area contributed by atoms with Crippen molar-refractivity contribution >= 4 is 22.3 Å². The number of aliphatic imine (C=N–C) groups is 1. The molecule has 0 aliphatic carbocycles. The maximum Gasteiger partial charge on any atom is 0.201 e. The minimum Gasteiger partial charge on any atom is -0.501 e. The molecule has 3 aromatic carbocycles. The highest BCUT2D eigenvalue weighted by molar-refractivity contribution is 6.22. The van der Waals surface area contributed by atoms with Crippen LogP contribution in [-0.2, 0) is 18.2 Å². The number of ether oxygens (including phenoxy) is 1. The molecule has 0 atom stereocenters. The van der Waals surface area contributed by atoms with Crippen molar-refractivity contribution in [3.05, 3.63) is 107 Å². The van der Waals surface area contributed by atoms with Gasteiger partial charge in [-0.25, -0.2) is 4.99 Å². The number of rotatable bonds is 6. The number of benzene rings is 3. The van der Waals surface area contributed by atoms with Gasteiger partial charge in [-0.15, -0.1) is 0 Å². The Morgan fingerprint density at radius 3 is 2.44 bits per heavy atom. The van der Waals surface area contributed by atoms with E-state index in [4.69, 9.17) is 9.73 Å². The van der Waals surface area contributed by atoms with E-state index in [0.717, 1.165) is 44.6 Å². The molecule has 4 nitrogen and oxygen atoms in total. The van der Waals surface area contributed by atoms with Gasteiger partial charge in [-0.1, -0.05) is 60.2 Å². The molecule has 4 heteroatoms. The zero-order valence-corrected chi connectivity index (χ0v) is 19.0. The summed E-state index contributed by atoms with van der Waals surface area (Å²) in [6, 6.07) is 22.5. The van der Waals surface area contributed by atoms with Crippen LogP contribution in [0.5, 0.6) is 5.88 Å². The lowest BCUT2D eigenvalue weighted by Crippen LogP contribution is -2.04. The molecular weight excluding hydrogens is 396 g/mol. The van der Waals surface area contributed by atoms with Gasteiger partial charge in [0.1, 0.15) is 0 Å². The van der Waals surface area contributed by atoms with Crippen LogP contribution in [0, 0.1) is 13.8 Å². The lowest BCUT2D eigenvalue weighted by Gasteiger charge is -2.10. The van der Waals surface area contributed by atoms with Crippen molar-refractivity contribution in [2.75, 3.05) is 7.11 Å². The first-order valence-electron chi connectivity index (χ1n) is 10.6. The summed E-state index contributed by atoms with van der Waals surface area (Å²) in [7, 11) is 3.51. The number of fused-ring (bicyclic) bond motifs is 1. The fraction of sp³-hybridized carbons (Fsp3) is 0.179. The summed E-state index contributed by atoms with van der Waals surface area (Å²) in [6.45, 7) is 8.04. The van der Waals surface area contributed by atoms with Gasteiger partial charge in [0, 0.05) is 24.4 Å². The molecule has 0 fully saturated rings. The van der Waals surface area contributed by atoms with Crippen molar-refractivity contribution in [1.82, 2.24) is 4.57 Å². The molecule has 1 aromatic heterocycles. The van der Waals surface area contributed by atoms with E-state index < -0.39 is 0 Å². The monoisotopic (exact) mass is 424 g/mol. The number of allylic oxidation sites excluding steroid dienone is 1. The Labute approximate surface area is 189 Å². The molecule has 0 spiro atoms. The molecule has 0 bridgehead atoms. The van der Waals surface area contributed by atoms with Gasteiger partial charge in [-0.2, -0.15) is 0 Å². The predicted octanol–water partition coefficient (Wildman–Crippen LogP) is 6.37. The zero-order chi connectivity index (χ0) is 22.8. The Bertz CT molecular complexity index is 1330.